The van der Waals surface area contributed by atoms with Crippen molar-refractivity contribution in [3.63, 3.8) is 0 Å². The van der Waals surface area contributed by atoms with Gasteiger partial charge in [0, 0.05) is 11.8 Å². The molecule has 24 heavy (non-hydrogen) atoms. The maximum absolute atomic E-state index is 11.9. The van der Waals surface area contributed by atoms with Crippen LogP contribution in [0.5, 0.6) is 5.75 Å². The molecular formula is C15H12ClN3O5. The van der Waals surface area contributed by atoms with E-state index in [-0.39, 0.29) is 27.7 Å². The third-order valence-corrected chi connectivity index (χ3v) is 3.26. The lowest BCUT2D eigenvalue weighted by atomic mass is 10.2. The zero-order valence-corrected chi connectivity index (χ0v) is 12.9. The van der Waals surface area contributed by atoms with Gasteiger partial charge >= 0.3 is 0 Å². The van der Waals surface area contributed by atoms with Crippen LogP contribution < -0.4 is 15.8 Å². The Morgan fingerprint density at radius 2 is 1.96 bits per heavy atom. The first-order valence-corrected chi connectivity index (χ1v) is 7.01. The van der Waals surface area contributed by atoms with Gasteiger partial charge in [-0.3, -0.25) is 19.7 Å². The van der Waals surface area contributed by atoms with E-state index in [4.69, 9.17) is 22.1 Å². The lowest BCUT2D eigenvalue weighted by molar-refractivity contribution is -0.384. The van der Waals surface area contributed by atoms with Crippen LogP contribution in [0, 0.1) is 10.1 Å². The maximum Gasteiger partial charge on any atom is 0.289 e. The Morgan fingerprint density at radius 3 is 2.62 bits per heavy atom. The summed E-state index contributed by atoms with van der Waals surface area (Å²) in [5, 5.41) is 13.2. The van der Waals surface area contributed by atoms with Crippen LogP contribution in [0.15, 0.2) is 42.5 Å². The van der Waals surface area contributed by atoms with Gasteiger partial charge in [-0.15, -0.1) is 0 Å². The molecule has 2 aromatic rings. The van der Waals surface area contributed by atoms with Gasteiger partial charge in [0.1, 0.15) is 10.8 Å². The number of nitrogens with zero attached hydrogens (tertiary/aromatic N) is 1. The Kier molecular flexibility index (Phi) is 5.33. The summed E-state index contributed by atoms with van der Waals surface area (Å²) in [6, 6.07) is 10.1. The van der Waals surface area contributed by atoms with E-state index in [0.717, 1.165) is 6.07 Å². The quantitative estimate of drug-likeness (QED) is 0.611. The summed E-state index contributed by atoms with van der Waals surface area (Å²) in [5.74, 6) is -1.08. The number of carbonyl (C=O) groups excluding carboxylic acids is 2. The summed E-state index contributed by atoms with van der Waals surface area (Å²) in [6.07, 6.45) is 0. The molecule has 0 atom stereocenters. The summed E-state index contributed by atoms with van der Waals surface area (Å²) in [7, 11) is 0. The summed E-state index contributed by atoms with van der Waals surface area (Å²) in [4.78, 5) is 33.3. The second-order valence-electron chi connectivity index (χ2n) is 4.62. The fourth-order valence-electron chi connectivity index (χ4n) is 1.87. The van der Waals surface area contributed by atoms with Crippen LogP contribution in [-0.4, -0.2) is 23.3 Å². The first-order chi connectivity index (χ1) is 11.4. The number of nitro benzene ring substituents is 1. The van der Waals surface area contributed by atoms with Crippen molar-refractivity contribution in [2.75, 3.05) is 11.9 Å². The van der Waals surface area contributed by atoms with Crippen molar-refractivity contribution in [1.82, 2.24) is 0 Å². The number of ether oxygens (including phenoxy) is 1. The maximum atomic E-state index is 11.9. The smallest absolute Gasteiger partial charge is 0.289 e. The Bertz CT molecular complexity index is 809. The van der Waals surface area contributed by atoms with Gasteiger partial charge in [-0.2, -0.15) is 0 Å². The van der Waals surface area contributed by atoms with Crippen molar-refractivity contribution in [1.29, 1.82) is 0 Å². The van der Waals surface area contributed by atoms with Crippen molar-refractivity contribution in [2.45, 2.75) is 0 Å². The molecule has 3 N–H and O–H groups in total. The van der Waals surface area contributed by atoms with Gasteiger partial charge in [0.2, 0.25) is 0 Å². The minimum Gasteiger partial charge on any atom is -0.483 e. The Balaban J connectivity index is 2.03. The third-order valence-electron chi connectivity index (χ3n) is 2.94. The van der Waals surface area contributed by atoms with Gasteiger partial charge in [0.15, 0.2) is 6.61 Å². The highest BCUT2D eigenvalue weighted by atomic mass is 35.5. The number of nitro groups is 1. The zero-order valence-electron chi connectivity index (χ0n) is 12.2. The number of amides is 2. The molecule has 0 spiro atoms. The van der Waals surface area contributed by atoms with Gasteiger partial charge in [-0.25, -0.2) is 0 Å². The molecule has 0 aromatic heterocycles. The van der Waals surface area contributed by atoms with Gasteiger partial charge in [-0.05, 0) is 24.3 Å². The van der Waals surface area contributed by atoms with E-state index in [2.05, 4.69) is 5.32 Å². The molecule has 8 nitrogen and oxygen atoms in total. The molecule has 0 fully saturated rings. The van der Waals surface area contributed by atoms with E-state index >= 15 is 0 Å². The second-order valence-corrected chi connectivity index (χ2v) is 5.03. The van der Waals surface area contributed by atoms with E-state index in [1.54, 1.807) is 12.1 Å². The highest BCUT2D eigenvalue weighted by Gasteiger charge is 2.15. The number of primary amides is 1. The number of hydrogen-bond acceptors (Lipinski definition) is 5. The Morgan fingerprint density at radius 1 is 1.25 bits per heavy atom. The number of halogens is 1. The Hall–Kier alpha value is -3.13. The summed E-state index contributed by atoms with van der Waals surface area (Å²) in [6.45, 7) is -0.402. The molecular weight excluding hydrogens is 338 g/mol. The lowest BCUT2D eigenvalue weighted by Gasteiger charge is -2.10. The van der Waals surface area contributed by atoms with Gasteiger partial charge in [0.25, 0.3) is 17.5 Å². The molecule has 0 bridgehead atoms. The van der Waals surface area contributed by atoms with Crippen molar-refractivity contribution >= 4 is 34.8 Å². The fraction of sp³-hybridized carbons (Fsp3) is 0.0667. The molecule has 0 aliphatic heterocycles. The van der Waals surface area contributed by atoms with Crippen molar-refractivity contribution in [3.8, 4) is 5.75 Å². The highest BCUT2D eigenvalue weighted by Crippen LogP contribution is 2.27. The standard InChI is InChI=1S/C15H12ClN3O5/c16-11-6-5-9(7-12(11)19(22)23)18-14(20)8-24-13-4-2-1-3-10(13)15(17)21/h1-7H,8H2,(H2,17,21)(H,18,20). The van der Waals surface area contributed by atoms with E-state index in [1.165, 1.54) is 24.3 Å². The van der Waals surface area contributed by atoms with Crippen LogP contribution in [0.1, 0.15) is 10.4 Å². The predicted molar refractivity (Wildman–Crippen MR) is 87.2 cm³/mol. The summed E-state index contributed by atoms with van der Waals surface area (Å²) in [5.41, 5.74) is 5.23. The zero-order chi connectivity index (χ0) is 17.7. The lowest BCUT2D eigenvalue weighted by Crippen LogP contribution is -2.21. The van der Waals surface area contributed by atoms with E-state index < -0.39 is 23.3 Å². The number of benzene rings is 2. The second kappa shape index (κ2) is 7.42. The van der Waals surface area contributed by atoms with Crippen LogP contribution in [-0.2, 0) is 4.79 Å². The number of anilines is 1. The SMILES string of the molecule is NC(=O)c1ccccc1OCC(=O)Nc1ccc(Cl)c([N+](=O)[O-])c1. The monoisotopic (exact) mass is 349 g/mol. The minimum absolute atomic E-state index is 0.0374. The molecule has 0 radical (unpaired) electrons. The van der Waals surface area contributed by atoms with E-state index in [0.29, 0.717) is 0 Å². The summed E-state index contributed by atoms with van der Waals surface area (Å²) >= 11 is 5.69. The molecule has 2 rings (SSSR count). The minimum atomic E-state index is -0.681. The molecule has 2 amide bonds. The molecule has 0 unspecified atom stereocenters. The number of para-hydroxylation sites is 1. The van der Waals surface area contributed by atoms with Crippen LogP contribution in [0.2, 0.25) is 5.02 Å². The number of rotatable bonds is 6. The average molecular weight is 350 g/mol. The third kappa shape index (κ3) is 4.20. The molecule has 9 heteroatoms. The van der Waals surface area contributed by atoms with Crippen LogP contribution in [0.25, 0.3) is 0 Å². The normalized spacial score (nSPS) is 10.0. The Labute approximate surface area is 141 Å². The highest BCUT2D eigenvalue weighted by molar-refractivity contribution is 6.32. The van der Waals surface area contributed by atoms with Crippen LogP contribution in [0.3, 0.4) is 0 Å². The van der Waals surface area contributed by atoms with Gasteiger partial charge in [0.05, 0.1) is 10.5 Å². The first kappa shape index (κ1) is 17.2. The van der Waals surface area contributed by atoms with Gasteiger partial charge in [-0.1, -0.05) is 23.7 Å². The largest absolute Gasteiger partial charge is 0.483 e. The topological polar surface area (TPSA) is 125 Å². The van der Waals surface area contributed by atoms with Crippen LogP contribution >= 0.6 is 11.6 Å². The fourth-order valence-corrected chi connectivity index (χ4v) is 2.05. The molecule has 2 aromatic carbocycles. The molecule has 0 heterocycles. The molecule has 0 aliphatic rings. The number of hydrogen-bond donors (Lipinski definition) is 2. The summed E-state index contributed by atoms with van der Waals surface area (Å²) < 4.78 is 5.26. The predicted octanol–water partition coefficient (Wildman–Crippen LogP) is 2.36. The van der Waals surface area contributed by atoms with Crippen molar-refractivity contribution < 1.29 is 19.2 Å². The van der Waals surface area contributed by atoms with Crippen molar-refractivity contribution in [3.05, 3.63) is 63.2 Å². The van der Waals surface area contributed by atoms with E-state index in [1.807, 2.05) is 0 Å². The van der Waals surface area contributed by atoms with Gasteiger partial charge < -0.3 is 15.8 Å². The first-order valence-electron chi connectivity index (χ1n) is 6.64. The molecule has 0 aliphatic carbocycles. The molecule has 124 valence electrons. The van der Waals surface area contributed by atoms with Crippen LogP contribution in [0.4, 0.5) is 11.4 Å². The molecule has 0 saturated heterocycles. The number of nitrogens with one attached hydrogen (secondary N) is 1. The number of carbonyl (C=O) groups is 2. The number of nitrogens with two attached hydrogens (primary N) is 1. The average Bonchev–Trinajstić information content (AvgIpc) is 2.54. The van der Waals surface area contributed by atoms with Crippen molar-refractivity contribution in [2.24, 2.45) is 5.73 Å². The van der Waals surface area contributed by atoms with E-state index in [9.17, 15) is 19.7 Å². The molecule has 0 saturated carbocycles.